The van der Waals surface area contributed by atoms with Crippen LogP contribution in [0, 0.1) is 0 Å². The highest BCUT2D eigenvalue weighted by Gasteiger charge is 2.18. The number of aliphatic hydroxyl groups is 1. The topological polar surface area (TPSA) is 95.5 Å². The summed E-state index contributed by atoms with van der Waals surface area (Å²) in [6, 6.07) is 0. The largest absolute Gasteiger partial charge is 0.394 e. The Morgan fingerprint density at radius 2 is 1.84 bits per heavy atom. The van der Waals surface area contributed by atoms with Crippen LogP contribution in [0.3, 0.4) is 0 Å². The summed E-state index contributed by atoms with van der Waals surface area (Å²) >= 11 is 0. The molecule has 0 heterocycles. The summed E-state index contributed by atoms with van der Waals surface area (Å²) in [5, 5.41) is 14.6. The Morgan fingerprint density at radius 1 is 1.21 bits per heavy atom. The maximum Gasteiger partial charge on any atom is 0.220 e. The number of unbranched alkanes of at least 4 members (excludes halogenated alkanes) is 2. The van der Waals surface area contributed by atoms with Gasteiger partial charge in [-0.3, -0.25) is 4.79 Å². The first-order chi connectivity index (χ1) is 8.66. The lowest BCUT2D eigenvalue weighted by molar-refractivity contribution is -0.123. The van der Waals surface area contributed by atoms with Gasteiger partial charge in [-0.05, 0) is 33.2 Å². The molecule has 0 rings (SSSR count). The SMILES string of the molecule is CC(C)(CO)NC(=O)CCCCCNCS(C)(=O)=O. The predicted molar refractivity (Wildman–Crippen MR) is 75.5 cm³/mol. The van der Waals surface area contributed by atoms with Gasteiger partial charge < -0.3 is 15.7 Å². The number of carbonyl (C=O) groups excluding carboxylic acids is 1. The summed E-state index contributed by atoms with van der Waals surface area (Å²) in [5.41, 5.74) is -0.575. The molecule has 0 bridgehead atoms. The van der Waals surface area contributed by atoms with Crippen LogP contribution in [0.2, 0.25) is 0 Å². The maximum absolute atomic E-state index is 11.5. The molecule has 6 nitrogen and oxygen atoms in total. The maximum atomic E-state index is 11.5. The molecule has 0 aromatic carbocycles. The van der Waals surface area contributed by atoms with Crippen LogP contribution in [-0.4, -0.2) is 50.3 Å². The zero-order valence-corrected chi connectivity index (χ0v) is 12.8. The molecule has 114 valence electrons. The Kier molecular flexibility index (Phi) is 8.20. The van der Waals surface area contributed by atoms with Crippen LogP contribution in [0.15, 0.2) is 0 Å². The zero-order valence-electron chi connectivity index (χ0n) is 12.0. The third-order valence-electron chi connectivity index (χ3n) is 2.49. The van der Waals surface area contributed by atoms with Crippen molar-refractivity contribution in [3.8, 4) is 0 Å². The Balaban J connectivity index is 3.52. The first kappa shape index (κ1) is 18.3. The van der Waals surface area contributed by atoms with E-state index in [1.807, 2.05) is 0 Å². The molecule has 0 aromatic heterocycles. The van der Waals surface area contributed by atoms with E-state index in [-0.39, 0.29) is 18.4 Å². The van der Waals surface area contributed by atoms with E-state index in [2.05, 4.69) is 10.6 Å². The molecule has 0 radical (unpaired) electrons. The number of amides is 1. The fourth-order valence-electron chi connectivity index (χ4n) is 1.45. The van der Waals surface area contributed by atoms with Crippen LogP contribution in [-0.2, 0) is 14.6 Å². The van der Waals surface area contributed by atoms with Crippen LogP contribution < -0.4 is 10.6 Å². The van der Waals surface area contributed by atoms with E-state index in [4.69, 9.17) is 5.11 Å². The molecule has 0 spiro atoms. The average molecular weight is 294 g/mol. The number of rotatable bonds is 10. The minimum Gasteiger partial charge on any atom is -0.394 e. The number of carbonyl (C=O) groups is 1. The second-order valence-corrected chi connectivity index (χ2v) is 7.61. The fraction of sp³-hybridized carbons (Fsp3) is 0.917. The second kappa shape index (κ2) is 8.50. The first-order valence-corrected chi connectivity index (χ1v) is 8.53. The van der Waals surface area contributed by atoms with Crippen molar-refractivity contribution in [2.24, 2.45) is 0 Å². The van der Waals surface area contributed by atoms with Gasteiger partial charge in [0.1, 0.15) is 0 Å². The highest BCUT2D eigenvalue weighted by molar-refractivity contribution is 7.90. The van der Waals surface area contributed by atoms with E-state index in [1.54, 1.807) is 13.8 Å². The number of sulfone groups is 1. The summed E-state index contributed by atoms with van der Waals surface area (Å²) < 4.78 is 21.7. The molecular formula is C12H26N2O4S. The Bertz CT molecular complexity index is 366. The fourth-order valence-corrected chi connectivity index (χ4v) is 1.96. The van der Waals surface area contributed by atoms with Gasteiger partial charge in [-0.1, -0.05) is 6.42 Å². The van der Waals surface area contributed by atoms with E-state index < -0.39 is 15.4 Å². The number of aliphatic hydroxyl groups excluding tert-OH is 1. The summed E-state index contributed by atoms with van der Waals surface area (Å²) in [6.45, 7) is 4.07. The molecule has 0 fully saturated rings. The Labute approximate surface area is 115 Å². The van der Waals surface area contributed by atoms with E-state index in [1.165, 1.54) is 6.26 Å². The van der Waals surface area contributed by atoms with Crippen molar-refractivity contribution in [2.75, 3.05) is 25.3 Å². The van der Waals surface area contributed by atoms with E-state index >= 15 is 0 Å². The third kappa shape index (κ3) is 12.1. The first-order valence-electron chi connectivity index (χ1n) is 6.46. The molecule has 0 aliphatic heterocycles. The normalized spacial score (nSPS) is 12.4. The van der Waals surface area contributed by atoms with Crippen molar-refractivity contribution in [3.05, 3.63) is 0 Å². The summed E-state index contributed by atoms with van der Waals surface area (Å²) in [4.78, 5) is 11.5. The minimum atomic E-state index is -2.95. The lowest BCUT2D eigenvalue weighted by atomic mass is 10.1. The molecule has 0 unspecified atom stereocenters. The van der Waals surface area contributed by atoms with Gasteiger partial charge in [-0.25, -0.2) is 8.42 Å². The molecule has 7 heteroatoms. The second-order valence-electron chi connectivity index (χ2n) is 5.47. The van der Waals surface area contributed by atoms with Gasteiger partial charge >= 0.3 is 0 Å². The highest BCUT2D eigenvalue weighted by Crippen LogP contribution is 2.03. The number of hydrogen-bond acceptors (Lipinski definition) is 5. The summed E-state index contributed by atoms with van der Waals surface area (Å²) in [5.74, 6) is -0.0683. The number of nitrogens with one attached hydrogen (secondary N) is 2. The summed E-state index contributed by atoms with van der Waals surface area (Å²) in [6.07, 6.45) is 4.08. The van der Waals surface area contributed by atoms with Crippen LogP contribution >= 0.6 is 0 Å². The van der Waals surface area contributed by atoms with Gasteiger partial charge in [-0.2, -0.15) is 0 Å². The van der Waals surface area contributed by atoms with Crippen molar-refractivity contribution in [1.29, 1.82) is 0 Å². The molecule has 1 amide bonds. The molecule has 0 aliphatic carbocycles. The molecule has 3 N–H and O–H groups in total. The molecule has 0 atom stereocenters. The van der Waals surface area contributed by atoms with Gasteiger partial charge in [0, 0.05) is 12.7 Å². The van der Waals surface area contributed by atoms with Gasteiger partial charge in [0.15, 0.2) is 9.84 Å². The van der Waals surface area contributed by atoms with Crippen molar-refractivity contribution >= 4 is 15.7 Å². The van der Waals surface area contributed by atoms with Crippen molar-refractivity contribution in [2.45, 2.75) is 45.1 Å². The van der Waals surface area contributed by atoms with Crippen molar-refractivity contribution in [1.82, 2.24) is 10.6 Å². The Morgan fingerprint density at radius 3 is 2.37 bits per heavy atom. The van der Waals surface area contributed by atoms with Crippen molar-refractivity contribution in [3.63, 3.8) is 0 Å². The van der Waals surface area contributed by atoms with Crippen LogP contribution in [0.5, 0.6) is 0 Å². The number of hydrogen-bond donors (Lipinski definition) is 3. The average Bonchev–Trinajstić information content (AvgIpc) is 2.25. The van der Waals surface area contributed by atoms with E-state index in [0.717, 1.165) is 19.3 Å². The molecule has 19 heavy (non-hydrogen) atoms. The lowest BCUT2D eigenvalue weighted by Gasteiger charge is -2.23. The van der Waals surface area contributed by atoms with Crippen LogP contribution in [0.1, 0.15) is 39.5 Å². The Hall–Kier alpha value is -0.660. The highest BCUT2D eigenvalue weighted by atomic mass is 32.2. The van der Waals surface area contributed by atoms with Gasteiger partial charge in [0.2, 0.25) is 5.91 Å². The molecular weight excluding hydrogens is 268 g/mol. The zero-order chi connectivity index (χ0) is 14.9. The smallest absolute Gasteiger partial charge is 0.220 e. The van der Waals surface area contributed by atoms with Gasteiger partial charge in [0.05, 0.1) is 18.0 Å². The molecule has 0 saturated carbocycles. The molecule has 0 saturated heterocycles. The lowest BCUT2D eigenvalue weighted by Crippen LogP contribution is -2.46. The van der Waals surface area contributed by atoms with E-state index in [0.29, 0.717) is 13.0 Å². The molecule has 0 aromatic rings. The van der Waals surface area contributed by atoms with Crippen LogP contribution in [0.25, 0.3) is 0 Å². The summed E-state index contributed by atoms with van der Waals surface area (Å²) in [7, 11) is -2.95. The van der Waals surface area contributed by atoms with E-state index in [9.17, 15) is 13.2 Å². The van der Waals surface area contributed by atoms with Crippen molar-refractivity contribution < 1.29 is 18.3 Å². The van der Waals surface area contributed by atoms with Gasteiger partial charge in [0.25, 0.3) is 0 Å². The monoisotopic (exact) mass is 294 g/mol. The van der Waals surface area contributed by atoms with Gasteiger partial charge in [-0.15, -0.1) is 0 Å². The van der Waals surface area contributed by atoms with Crippen LogP contribution in [0.4, 0.5) is 0 Å². The predicted octanol–water partition coefficient (Wildman–Crippen LogP) is 0.0256. The minimum absolute atomic E-state index is 0.00181. The standard InChI is InChI=1S/C12H26N2O4S/c1-12(2,9-15)14-11(16)7-5-4-6-8-13-10-19(3,17)18/h13,15H,4-10H2,1-3H3,(H,14,16). The molecule has 0 aliphatic rings. The quantitative estimate of drug-likeness (QED) is 0.494. The third-order valence-corrected chi connectivity index (χ3v) is 3.22.